The summed E-state index contributed by atoms with van der Waals surface area (Å²) in [6, 6.07) is 0. The topological polar surface area (TPSA) is 26.3 Å². The molecule has 2 nitrogen and oxygen atoms in total. The SMILES string of the molecule is CC(C)(C)OCC(=O)C1CC1. The van der Waals surface area contributed by atoms with Crippen LogP contribution in [0.15, 0.2) is 0 Å². The van der Waals surface area contributed by atoms with Crippen molar-refractivity contribution >= 4 is 5.78 Å². The number of rotatable bonds is 3. The van der Waals surface area contributed by atoms with E-state index in [2.05, 4.69) is 0 Å². The van der Waals surface area contributed by atoms with Gasteiger partial charge in [0.1, 0.15) is 6.61 Å². The van der Waals surface area contributed by atoms with Crippen LogP contribution in [0.2, 0.25) is 0 Å². The van der Waals surface area contributed by atoms with Crippen LogP contribution in [0.1, 0.15) is 33.6 Å². The quantitative estimate of drug-likeness (QED) is 0.622. The van der Waals surface area contributed by atoms with Gasteiger partial charge in [0.15, 0.2) is 5.78 Å². The Balaban J connectivity index is 2.16. The molecule has 0 amide bonds. The van der Waals surface area contributed by atoms with Gasteiger partial charge in [-0.15, -0.1) is 0 Å². The molecular weight excluding hydrogens is 140 g/mol. The Bertz CT molecular complexity index is 151. The van der Waals surface area contributed by atoms with E-state index in [1.54, 1.807) is 0 Å². The summed E-state index contributed by atoms with van der Waals surface area (Å²) < 4.78 is 5.34. The first-order chi connectivity index (χ1) is 4.99. The Hall–Kier alpha value is -0.370. The van der Waals surface area contributed by atoms with Crippen molar-refractivity contribution in [3.05, 3.63) is 0 Å². The van der Waals surface area contributed by atoms with Gasteiger partial charge in [0.2, 0.25) is 0 Å². The lowest BCUT2D eigenvalue weighted by molar-refractivity contribution is -0.129. The zero-order chi connectivity index (χ0) is 8.48. The second kappa shape index (κ2) is 2.94. The van der Waals surface area contributed by atoms with Crippen molar-refractivity contribution in [2.75, 3.05) is 6.61 Å². The zero-order valence-corrected chi connectivity index (χ0v) is 7.52. The van der Waals surface area contributed by atoms with Gasteiger partial charge in [0.25, 0.3) is 0 Å². The molecule has 0 aromatic heterocycles. The molecule has 0 aliphatic heterocycles. The highest BCUT2D eigenvalue weighted by Gasteiger charge is 2.30. The number of carbonyl (C=O) groups excluding carboxylic acids is 1. The van der Waals surface area contributed by atoms with Crippen molar-refractivity contribution in [2.24, 2.45) is 5.92 Å². The summed E-state index contributed by atoms with van der Waals surface area (Å²) in [6.07, 6.45) is 2.15. The summed E-state index contributed by atoms with van der Waals surface area (Å²) in [5.74, 6) is 0.609. The van der Waals surface area contributed by atoms with Crippen molar-refractivity contribution in [2.45, 2.75) is 39.2 Å². The number of carbonyl (C=O) groups is 1. The van der Waals surface area contributed by atoms with Crippen LogP contribution in [0.3, 0.4) is 0 Å². The lowest BCUT2D eigenvalue weighted by atomic mass is 10.2. The van der Waals surface area contributed by atoms with Gasteiger partial charge >= 0.3 is 0 Å². The molecule has 1 fully saturated rings. The molecule has 1 rings (SSSR count). The molecule has 1 aliphatic rings. The van der Waals surface area contributed by atoms with E-state index >= 15 is 0 Å². The van der Waals surface area contributed by atoms with E-state index in [-0.39, 0.29) is 11.4 Å². The maximum Gasteiger partial charge on any atom is 0.161 e. The van der Waals surface area contributed by atoms with Gasteiger partial charge in [0.05, 0.1) is 5.60 Å². The Morgan fingerprint density at radius 3 is 2.36 bits per heavy atom. The van der Waals surface area contributed by atoms with Crippen molar-refractivity contribution in [1.29, 1.82) is 0 Å². The Morgan fingerprint density at radius 1 is 1.45 bits per heavy atom. The molecule has 2 heteroatoms. The molecule has 0 N–H and O–H groups in total. The van der Waals surface area contributed by atoms with Crippen LogP contribution in [0, 0.1) is 5.92 Å². The Morgan fingerprint density at radius 2 is 2.00 bits per heavy atom. The Labute approximate surface area is 67.9 Å². The number of hydrogen-bond donors (Lipinski definition) is 0. The van der Waals surface area contributed by atoms with Crippen LogP contribution in [-0.4, -0.2) is 18.0 Å². The molecule has 0 atom stereocenters. The van der Waals surface area contributed by atoms with E-state index in [9.17, 15) is 4.79 Å². The fourth-order valence-electron chi connectivity index (χ4n) is 0.811. The van der Waals surface area contributed by atoms with Gasteiger partial charge in [-0.2, -0.15) is 0 Å². The van der Waals surface area contributed by atoms with Crippen LogP contribution < -0.4 is 0 Å². The summed E-state index contributed by atoms with van der Waals surface area (Å²) >= 11 is 0. The molecule has 0 unspecified atom stereocenters. The van der Waals surface area contributed by atoms with Gasteiger partial charge in [-0.05, 0) is 33.6 Å². The van der Waals surface area contributed by atoms with E-state index in [1.807, 2.05) is 20.8 Å². The second-order valence-electron chi connectivity index (χ2n) is 4.14. The van der Waals surface area contributed by atoms with Gasteiger partial charge in [0, 0.05) is 5.92 Å². The fourth-order valence-corrected chi connectivity index (χ4v) is 0.811. The van der Waals surface area contributed by atoms with E-state index in [1.165, 1.54) is 0 Å². The summed E-state index contributed by atoms with van der Waals surface area (Å²) in [6.45, 7) is 6.20. The maximum absolute atomic E-state index is 11.1. The van der Waals surface area contributed by atoms with Crippen LogP contribution >= 0.6 is 0 Å². The predicted molar refractivity (Wildman–Crippen MR) is 43.4 cm³/mol. The molecule has 1 aliphatic carbocycles. The second-order valence-corrected chi connectivity index (χ2v) is 4.14. The zero-order valence-electron chi connectivity index (χ0n) is 7.52. The molecule has 0 spiro atoms. The van der Waals surface area contributed by atoms with Gasteiger partial charge in [-0.25, -0.2) is 0 Å². The van der Waals surface area contributed by atoms with Gasteiger partial charge < -0.3 is 4.74 Å². The van der Waals surface area contributed by atoms with Crippen molar-refractivity contribution in [1.82, 2.24) is 0 Å². The molecule has 0 saturated heterocycles. The molecule has 0 aromatic rings. The molecule has 0 aromatic carbocycles. The highest BCUT2D eigenvalue weighted by Crippen LogP contribution is 2.30. The monoisotopic (exact) mass is 156 g/mol. The molecule has 0 bridgehead atoms. The molecule has 1 saturated carbocycles. The third-order valence-corrected chi connectivity index (χ3v) is 1.68. The van der Waals surface area contributed by atoms with E-state index in [4.69, 9.17) is 4.74 Å². The first kappa shape index (κ1) is 8.72. The minimum atomic E-state index is -0.176. The summed E-state index contributed by atoms with van der Waals surface area (Å²) in [5.41, 5.74) is -0.176. The smallest absolute Gasteiger partial charge is 0.161 e. The number of ketones is 1. The van der Waals surface area contributed by atoms with Crippen molar-refractivity contribution in [3.63, 3.8) is 0 Å². The van der Waals surface area contributed by atoms with E-state index in [0.29, 0.717) is 12.5 Å². The van der Waals surface area contributed by atoms with Crippen LogP contribution in [0.25, 0.3) is 0 Å². The molecule has 64 valence electrons. The average Bonchev–Trinajstić information content (AvgIpc) is 2.61. The van der Waals surface area contributed by atoms with Gasteiger partial charge in [-0.1, -0.05) is 0 Å². The third kappa shape index (κ3) is 3.51. The largest absolute Gasteiger partial charge is 0.368 e. The van der Waals surface area contributed by atoms with Crippen LogP contribution in [0.4, 0.5) is 0 Å². The molecule has 0 heterocycles. The van der Waals surface area contributed by atoms with Crippen LogP contribution in [0.5, 0.6) is 0 Å². The minimum Gasteiger partial charge on any atom is -0.368 e. The lowest BCUT2D eigenvalue weighted by Crippen LogP contribution is -2.24. The number of hydrogen-bond acceptors (Lipinski definition) is 2. The first-order valence-electron chi connectivity index (χ1n) is 4.16. The van der Waals surface area contributed by atoms with E-state index < -0.39 is 0 Å². The molecule has 0 radical (unpaired) electrons. The van der Waals surface area contributed by atoms with Gasteiger partial charge in [-0.3, -0.25) is 4.79 Å². The van der Waals surface area contributed by atoms with Crippen molar-refractivity contribution in [3.8, 4) is 0 Å². The van der Waals surface area contributed by atoms with Crippen molar-refractivity contribution < 1.29 is 9.53 Å². The highest BCUT2D eigenvalue weighted by molar-refractivity contribution is 5.84. The fraction of sp³-hybridized carbons (Fsp3) is 0.889. The van der Waals surface area contributed by atoms with E-state index in [0.717, 1.165) is 12.8 Å². The predicted octanol–water partition coefficient (Wildman–Crippen LogP) is 1.78. The lowest BCUT2D eigenvalue weighted by Gasteiger charge is -2.18. The summed E-state index contributed by atoms with van der Waals surface area (Å²) in [4.78, 5) is 11.1. The summed E-state index contributed by atoms with van der Waals surface area (Å²) in [7, 11) is 0. The minimum absolute atomic E-state index is 0.176. The number of ether oxygens (including phenoxy) is 1. The molecular formula is C9H16O2. The Kier molecular flexibility index (Phi) is 2.33. The average molecular weight is 156 g/mol. The highest BCUT2D eigenvalue weighted by atomic mass is 16.5. The normalized spacial score (nSPS) is 18.5. The molecule has 11 heavy (non-hydrogen) atoms. The maximum atomic E-state index is 11.1. The van der Waals surface area contributed by atoms with Crippen LogP contribution in [-0.2, 0) is 9.53 Å². The first-order valence-corrected chi connectivity index (χ1v) is 4.16. The number of Topliss-reactive ketones (excluding diaryl/α,β-unsaturated/α-hetero) is 1. The summed E-state index contributed by atoms with van der Waals surface area (Å²) in [5, 5.41) is 0. The third-order valence-electron chi connectivity index (χ3n) is 1.68. The standard InChI is InChI=1S/C9H16O2/c1-9(2,3)11-6-8(10)7-4-5-7/h7H,4-6H2,1-3H3.